The molecule has 2 rings (SSSR count). The van der Waals surface area contributed by atoms with Crippen molar-refractivity contribution < 1.29 is 8.42 Å². The number of benzene rings is 1. The van der Waals surface area contributed by atoms with Crippen molar-refractivity contribution in [3.63, 3.8) is 0 Å². The first-order valence-electron chi connectivity index (χ1n) is 4.36. The first-order chi connectivity index (χ1) is 6.05. The van der Waals surface area contributed by atoms with Crippen molar-refractivity contribution >= 4 is 9.84 Å². The van der Waals surface area contributed by atoms with E-state index in [1.165, 1.54) is 0 Å². The highest BCUT2D eigenvalue weighted by molar-refractivity contribution is 7.92. The molecule has 0 fully saturated rings. The molecule has 0 saturated heterocycles. The van der Waals surface area contributed by atoms with Gasteiger partial charge in [0.15, 0.2) is 9.84 Å². The Bertz CT molecular complexity index is 399. The second kappa shape index (κ2) is 2.58. The number of hydrogen-bond donors (Lipinski definition) is 0. The van der Waals surface area contributed by atoms with E-state index in [4.69, 9.17) is 0 Å². The fourth-order valence-electron chi connectivity index (χ4n) is 1.91. The summed E-state index contributed by atoms with van der Waals surface area (Å²) in [5.41, 5.74) is 1.94. The van der Waals surface area contributed by atoms with Crippen molar-refractivity contribution in [3.05, 3.63) is 35.4 Å². The normalized spacial score (nSPS) is 30.0. The maximum absolute atomic E-state index is 11.7. The van der Waals surface area contributed by atoms with Gasteiger partial charge in [-0.15, -0.1) is 0 Å². The lowest BCUT2D eigenvalue weighted by molar-refractivity contribution is 0.583. The van der Waals surface area contributed by atoms with Crippen LogP contribution < -0.4 is 0 Å². The standard InChI is InChI=1S/C10H12O2S/c1-7-9-5-3-4-6-10(9)8(2)13(7,11)12/h3-8H,1-2H3. The Morgan fingerprint density at radius 2 is 1.38 bits per heavy atom. The van der Waals surface area contributed by atoms with Crippen LogP contribution in [0.5, 0.6) is 0 Å². The van der Waals surface area contributed by atoms with Crippen molar-refractivity contribution in [3.8, 4) is 0 Å². The fourth-order valence-corrected chi connectivity index (χ4v) is 3.66. The zero-order valence-corrected chi connectivity index (χ0v) is 8.51. The molecule has 0 N–H and O–H groups in total. The summed E-state index contributed by atoms with van der Waals surface area (Å²) in [5.74, 6) is 0. The second-order valence-corrected chi connectivity index (χ2v) is 6.09. The lowest BCUT2D eigenvalue weighted by Crippen LogP contribution is -2.06. The molecule has 0 aromatic heterocycles. The topological polar surface area (TPSA) is 34.1 Å². The number of sulfone groups is 1. The fraction of sp³-hybridized carbons (Fsp3) is 0.400. The van der Waals surface area contributed by atoms with Gasteiger partial charge in [-0.25, -0.2) is 8.42 Å². The lowest BCUT2D eigenvalue weighted by atomic mass is 10.0. The minimum Gasteiger partial charge on any atom is -0.228 e. The largest absolute Gasteiger partial charge is 0.228 e. The van der Waals surface area contributed by atoms with E-state index >= 15 is 0 Å². The third-order valence-electron chi connectivity index (χ3n) is 2.86. The molecule has 3 heteroatoms. The minimum atomic E-state index is -2.96. The molecule has 1 heterocycles. The van der Waals surface area contributed by atoms with E-state index in [9.17, 15) is 8.42 Å². The molecule has 2 unspecified atom stereocenters. The average molecular weight is 196 g/mol. The van der Waals surface area contributed by atoms with Crippen molar-refractivity contribution in [1.82, 2.24) is 0 Å². The van der Waals surface area contributed by atoms with Gasteiger partial charge in [-0.3, -0.25) is 0 Å². The Morgan fingerprint density at radius 1 is 1.00 bits per heavy atom. The Hall–Kier alpha value is -0.830. The molecule has 13 heavy (non-hydrogen) atoms. The zero-order valence-electron chi connectivity index (χ0n) is 7.69. The molecule has 1 aliphatic heterocycles. The van der Waals surface area contributed by atoms with E-state index < -0.39 is 9.84 Å². The Morgan fingerprint density at radius 3 is 1.77 bits per heavy atom. The van der Waals surface area contributed by atoms with Gasteiger partial charge in [0.25, 0.3) is 0 Å². The molecule has 0 bridgehead atoms. The molecule has 0 amide bonds. The Kier molecular flexibility index (Phi) is 1.74. The molecular weight excluding hydrogens is 184 g/mol. The number of hydrogen-bond acceptors (Lipinski definition) is 2. The third-order valence-corrected chi connectivity index (χ3v) is 5.34. The quantitative estimate of drug-likeness (QED) is 0.637. The molecule has 0 spiro atoms. The average Bonchev–Trinajstić information content (AvgIpc) is 2.30. The predicted molar refractivity (Wildman–Crippen MR) is 52.2 cm³/mol. The molecule has 0 aliphatic carbocycles. The van der Waals surface area contributed by atoms with Crippen LogP contribution in [0, 0.1) is 0 Å². The van der Waals surface area contributed by atoms with E-state index in [0.29, 0.717) is 0 Å². The summed E-state index contributed by atoms with van der Waals surface area (Å²) in [5, 5.41) is -0.669. The highest BCUT2D eigenvalue weighted by atomic mass is 32.2. The maximum atomic E-state index is 11.7. The third kappa shape index (κ3) is 1.03. The van der Waals surface area contributed by atoms with Crippen LogP contribution in [0.15, 0.2) is 24.3 Å². The van der Waals surface area contributed by atoms with Gasteiger partial charge in [-0.2, -0.15) is 0 Å². The van der Waals surface area contributed by atoms with Crippen LogP contribution in [-0.2, 0) is 9.84 Å². The highest BCUT2D eigenvalue weighted by Crippen LogP contribution is 2.43. The van der Waals surface area contributed by atoms with Crippen LogP contribution in [-0.4, -0.2) is 8.42 Å². The summed E-state index contributed by atoms with van der Waals surface area (Å²) in [6, 6.07) is 7.59. The maximum Gasteiger partial charge on any atom is 0.163 e. The van der Waals surface area contributed by atoms with Crippen LogP contribution in [0.2, 0.25) is 0 Å². The monoisotopic (exact) mass is 196 g/mol. The van der Waals surface area contributed by atoms with Gasteiger partial charge in [0.05, 0.1) is 10.5 Å². The van der Waals surface area contributed by atoms with Gasteiger partial charge >= 0.3 is 0 Å². The van der Waals surface area contributed by atoms with Crippen LogP contribution in [0.25, 0.3) is 0 Å². The first-order valence-corrected chi connectivity index (χ1v) is 5.97. The predicted octanol–water partition coefficient (Wildman–Crippen LogP) is 2.24. The van der Waals surface area contributed by atoms with E-state index in [2.05, 4.69) is 0 Å². The first kappa shape index (κ1) is 8.75. The molecule has 2 atom stereocenters. The van der Waals surface area contributed by atoms with Gasteiger partial charge in [-0.1, -0.05) is 24.3 Å². The van der Waals surface area contributed by atoms with Gasteiger partial charge < -0.3 is 0 Å². The summed E-state index contributed by atoms with van der Waals surface area (Å²) in [6.45, 7) is 3.52. The second-order valence-electron chi connectivity index (χ2n) is 3.50. The van der Waals surface area contributed by atoms with Gasteiger partial charge in [-0.05, 0) is 25.0 Å². The minimum absolute atomic E-state index is 0.335. The van der Waals surface area contributed by atoms with Gasteiger partial charge in [0, 0.05) is 0 Å². The SMILES string of the molecule is CC1c2ccccc2C(C)S1(=O)=O. The number of fused-ring (bicyclic) bond motifs is 1. The van der Waals surface area contributed by atoms with Crippen LogP contribution >= 0.6 is 0 Å². The van der Waals surface area contributed by atoms with E-state index in [1.807, 2.05) is 24.3 Å². The van der Waals surface area contributed by atoms with E-state index in [0.717, 1.165) is 11.1 Å². The van der Waals surface area contributed by atoms with E-state index in [-0.39, 0.29) is 10.5 Å². The van der Waals surface area contributed by atoms with Gasteiger partial charge in [0.2, 0.25) is 0 Å². The van der Waals surface area contributed by atoms with Crippen molar-refractivity contribution in [2.75, 3.05) is 0 Å². The molecule has 1 aromatic rings. The summed E-state index contributed by atoms with van der Waals surface area (Å²) >= 11 is 0. The van der Waals surface area contributed by atoms with Crippen molar-refractivity contribution in [1.29, 1.82) is 0 Å². The van der Waals surface area contributed by atoms with Gasteiger partial charge in [0.1, 0.15) is 0 Å². The number of rotatable bonds is 0. The molecule has 2 nitrogen and oxygen atoms in total. The molecule has 1 aromatic carbocycles. The molecule has 0 saturated carbocycles. The Balaban J connectivity index is 2.71. The summed E-state index contributed by atoms with van der Waals surface area (Å²) in [4.78, 5) is 0. The van der Waals surface area contributed by atoms with E-state index in [1.54, 1.807) is 13.8 Å². The lowest BCUT2D eigenvalue weighted by Gasteiger charge is -2.04. The van der Waals surface area contributed by atoms with Crippen molar-refractivity contribution in [2.45, 2.75) is 24.3 Å². The Labute approximate surface area is 78.5 Å². The summed E-state index contributed by atoms with van der Waals surface area (Å²) in [7, 11) is -2.96. The molecule has 1 aliphatic rings. The summed E-state index contributed by atoms with van der Waals surface area (Å²) in [6.07, 6.45) is 0. The van der Waals surface area contributed by atoms with Crippen molar-refractivity contribution in [2.24, 2.45) is 0 Å². The van der Waals surface area contributed by atoms with Crippen LogP contribution in [0.1, 0.15) is 35.5 Å². The highest BCUT2D eigenvalue weighted by Gasteiger charge is 2.39. The van der Waals surface area contributed by atoms with Crippen LogP contribution in [0.4, 0.5) is 0 Å². The smallest absolute Gasteiger partial charge is 0.163 e. The molecule has 70 valence electrons. The summed E-state index contributed by atoms with van der Waals surface area (Å²) < 4.78 is 23.5. The van der Waals surface area contributed by atoms with Crippen LogP contribution in [0.3, 0.4) is 0 Å². The molecular formula is C10H12O2S. The molecule has 0 radical (unpaired) electrons. The zero-order chi connectivity index (χ0) is 9.64.